The Bertz CT molecular complexity index is 955. The normalized spacial score (nSPS) is 11.3. The highest BCUT2D eigenvalue weighted by Gasteiger charge is 2.20. The summed E-state index contributed by atoms with van der Waals surface area (Å²) in [6.45, 7) is 1.34. The van der Waals surface area contributed by atoms with Gasteiger partial charge < -0.3 is 30.0 Å². The summed E-state index contributed by atoms with van der Waals surface area (Å²) in [6, 6.07) is 1.11. The largest absolute Gasteiger partial charge is 0.494 e. The number of allylic oxidation sites excluding steroid dienone is 1. The molecule has 3 N–H and O–H groups in total. The number of rotatable bonds is 11. The summed E-state index contributed by atoms with van der Waals surface area (Å²) in [5, 5.41) is 2.79. The van der Waals surface area contributed by atoms with Crippen LogP contribution in [0.3, 0.4) is 0 Å². The van der Waals surface area contributed by atoms with Gasteiger partial charge >= 0.3 is 5.97 Å². The van der Waals surface area contributed by atoms with Crippen LogP contribution < -0.4 is 25.3 Å². The smallest absolute Gasteiger partial charge is 0.327 e. The average molecular weight is 451 g/mol. The van der Waals surface area contributed by atoms with E-state index in [2.05, 4.69) is 20.3 Å². The predicted octanol–water partition coefficient (Wildman–Crippen LogP) is 2.20. The monoisotopic (exact) mass is 451 g/mol. The van der Waals surface area contributed by atoms with Gasteiger partial charge in [0.2, 0.25) is 5.95 Å². The molecule has 0 amide bonds. The van der Waals surface area contributed by atoms with E-state index in [1.807, 2.05) is 0 Å². The van der Waals surface area contributed by atoms with E-state index in [9.17, 15) is 13.6 Å². The second-order valence-corrected chi connectivity index (χ2v) is 5.94. The van der Waals surface area contributed by atoms with Gasteiger partial charge in [-0.1, -0.05) is 0 Å². The summed E-state index contributed by atoms with van der Waals surface area (Å²) in [4.78, 5) is 23.2. The van der Waals surface area contributed by atoms with E-state index in [1.165, 1.54) is 39.0 Å². The Morgan fingerprint density at radius 2 is 1.81 bits per heavy atom. The van der Waals surface area contributed by atoms with Gasteiger partial charge in [-0.3, -0.25) is 9.79 Å². The zero-order valence-electron chi connectivity index (χ0n) is 17.7. The molecule has 0 aliphatic rings. The molecule has 0 fully saturated rings. The molecular formula is C20H23F2N5O5. The molecule has 0 atom stereocenters. The fourth-order valence-electron chi connectivity index (χ4n) is 2.35. The fourth-order valence-corrected chi connectivity index (χ4v) is 2.35. The van der Waals surface area contributed by atoms with Crippen LogP contribution in [-0.4, -0.2) is 49.5 Å². The molecule has 10 nitrogen and oxygen atoms in total. The van der Waals surface area contributed by atoms with Crippen molar-refractivity contribution in [1.82, 2.24) is 9.97 Å². The van der Waals surface area contributed by atoms with Crippen molar-refractivity contribution in [2.75, 3.05) is 32.7 Å². The van der Waals surface area contributed by atoms with Gasteiger partial charge in [-0.25, -0.2) is 18.7 Å². The van der Waals surface area contributed by atoms with Crippen LogP contribution in [0, 0.1) is 11.6 Å². The Kier molecular flexibility index (Phi) is 9.14. The van der Waals surface area contributed by atoms with Crippen LogP contribution in [0.15, 0.2) is 35.3 Å². The predicted molar refractivity (Wildman–Crippen MR) is 112 cm³/mol. The third-order valence-electron chi connectivity index (χ3n) is 3.87. The van der Waals surface area contributed by atoms with Crippen LogP contribution >= 0.6 is 0 Å². The Morgan fingerprint density at radius 1 is 1.19 bits per heavy atom. The molecule has 12 heteroatoms. The maximum atomic E-state index is 14.4. The number of nitrogens with one attached hydrogen (secondary N) is 1. The molecule has 0 unspecified atom stereocenters. The number of benzene rings is 1. The van der Waals surface area contributed by atoms with Crippen LogP contribution in [0.2, 0.25) is 0 Å². The number of carbonyl (C=O) groups excluding carboxylic acids is 1. The molecule has 0 bridgehead atoms. The summed E-state index contributed by atoms with van der Waals surface area (Å²) < 4.78 is 48.7. The van der Waals surface area contributed by atoms with Crippen LogP contribution in [-0.2, 0) is 16.1 Å². The minimum absolute atomic E-state index is 0.150. The quantitative estimate of drug-likeness (QED) is 0.390. The maximum Gasteiger partial charge on any atom is 0.327 e. The first-order chi connectivity index (χ1) is 15.4. The summed E-state index contributed by atoms with van der Waals surface area (Å²) in [5.41, 5.74) is 5.47. The van der Waals surface area contributed by atoms with E-state index in [0.29, 0.717) is 5.70 Å². The number of aliphatic imine (C=N–C) groups is 1. The van der Waals surface area contributed by atoms with Gasteiger partial charge in [-0.2, -0.15) is 0 Å². The molecule has 1 aromatic heterocycles. The first kappa shape index (κ1) is 24.3. The highest BCUT2D eigenvalue weighted by atomic mass is 19.1. The van der Waals surface area contributed by atoms with Gasteiger partial charge in [0.25, 0.3) is 0 Å². The van der Waals surface area contributed by atoms with Crippen LogP contribution in [0.5, 0.6) is 17.2 Å². The Hall–Kier alpha value is -3.96. The molecule has 0 spiro atoms. The number of nitrogens with two attached hydrogens (primary N) is 1. The lowest BCUT2D eigenvalue weighted by Crippen LogP contribution is -2.10. The number of ether oxygens (including phenoxy) is 4. The molecule has 0 aliphatic heterocycles. The summed E-state index contributed by atoms with van der Waals surface area (Å²) in [5.74, 6) is -2.32. The molecule has 32 heavy (non-hydrogen) atoms. The number of halogens is 2. The zero-order chi connectivity index (χ0) is 23.5. The van der Waals surface area contributed by atoms with Gasteiger partial charge in [-0.05, 0) is 6.92 Å². The summed E-state index contributed by atoms with van der Waals surface area (Å²) in [7, 11) is 2.51. The van der Waals surface area contributed by atoms with Gasteiger partial charge in [0.15, 0.2) is 28.9 Å². The lowest BCUT2D eigenvalue weighted by Gasteiger charge is -2.13. The van der Waals surface area contributed by atoms with Crippen molar-refractivity contribution in [3.8, 4) is 17.2 Å². The molecule has 172 valence electrons. The SMILES string of the molecule is CCOC(=O)CN=C/C(=C\N)Nc1ncc(OCc2c(F)c(OC)cc(OC)c2F)cn1. The van der Waals surface area contributed by atoms with Gasteiger partial charge in [0, 0.05) is 18.5 Å². The lowest BCUT2D eigenvalue weighted by molar-refractivity contribution is -0.141. The first-order valence-corrected chi connectivity index (χ1v) is 9.31. The average Bonchev–Trinajstić information content (AvgIpc) is 2.79. The molecule has 1 heterocycles. The van der Waals surface area contributed by atoms with Crippen molar-refractivity contribution >= 4 is 18.1 Å². The van der Waals surface area contributed by atoms with Crippen molar-refractivity contribution in [2.45, 2.75) is 13.5 Å². The van der Waals surface area contributed by atoms with Gasteiger partial charge in [0.1, 0.15) is 13.2 Å². The number of aromatic nitrogens is 2. The van der Waals surface area contributed by atoms with Crippen LogP contribution in [0.1, 0.15) is 12.5 Å². The third kappa shape index (κ3) is 6.52. The van der Waals surface area contributed by atoms with Crippen molar-refractivity contribution in [3.63, 3.8) is 0 Å². The topological polar surface area (TPSA) is 130 Å². The van der Waals surface area contributed by atoms with Crippen molar-refractivity contribution in [3.05, 3.63) is 47.6 Å². The Balaban J connectivity index is 2.02. The highest BCUT2D eigenvalue weighted by molar-refractivity contribution is 5.84. The maximum absolute atomic E-state index is 14.4. The van der Waals surface area contributed by atoms with Crippen molar-refractivity contribution in [2.24, 2.45) is 10.7 Å². The number of hydrogen-bond acceptors (Lipinski definition) is 10. The zero-order valence-corrected chi connectivity index (χ0v) is 17.7. The summed E-state index contributed by atoms with van der Waals surface area (Å²) >= 11 is 0. The van der Waals surface area contributed by atoms with E-state index >= 15 is 0 Å². The van der Waals surface area contributed by atoms with Crippen LogP contribution in [0.25, 0.3) is 0 Å². The Labute approximate surface area is 183 Å². The molecular weight excluding hydrogens is 428 g/mol. The molecule has 1 aromatic carbocycles. The first-order valence-electron chi connectivity index (χ1n) is 9.31. The Morgan fingerprint density at radius 3 is 2.34 bits per heavy atom. The number of carbonyl (C=O) groups is 1. The third-order valence-corrected chi connectivity index (χ3v) is 3.87. The van der Waals surface area contributed by atoms with E-state index < -0.39 is 24.2 Å². The molecule has 0 radical (unpaired) electrons. The standard InChI is InChI=1S/C20H23F2N5O5/c1-4-31-17(28)10-24-7-12(6-23)27-20-25-8-13(9-26-20)32-11-14-18(21)15(29-2)5-16(30-3)19(14)22/h5-9H,4,10-11,23H2,1-3H3,(H,25,26,27)/b12-6+,24-7?. The molecule has 2 aromatic rings. The van der Waals surface area contributed by atoms with E-state index in [1.54, 1.807) is 6.92 Å². The summed E-state index contributed by atoms with van der Waals surface area (Å²) in [6.07, 6.45) is 5.13. The fraction of sp³-hybridized carbons (Fsp3) is 0.300. The van der Waals surface area contributed by atoms with Crippen molar-refractivity contribution < 1.29 is 32.5 Å². The second-order valence-electron chi connectivity index (χ2n) is 5.94. The molecule has 2 rings (SSSR count). The highest BCUT2D eigenvalue weighted by Crippen LogP contribution is 2.31. The molecule has 0 saturated heterocycles. The van der Waals surface area contributed by atoms with E-state index in [-0.39, 0.29) is 41.9 Å². The minimum Gasteiger partial charge on any atom is -0.494 e. The number of hydrogen-bond donors (Lipinski definition) is 2. The second kappa shape index (κ2) is 12.0. The molecule has 0 saturated carbocycles. The van der Waals surface area contributed by atoms with Gasteiger partial charge in [-0.15, -0.1) is 0 Å². The number of esters is 1. The lowest BCUT2D eigenvalue weighted by atomic mass is 10.1. The van der Waals surface area contributed by atoms with Crippen molar-refractivity contribution in [1.29, 1.82) is 0 Å². The molecule has 0 aliphatic carbocycles. The minimum atomic E-state index is -0.898. The number of anilines is 1. The number of methoxy groups -OCH3 is 2. The van der Waals surface area contributed by atoms with E-state index in [4.69, 9.17) is 24.7 Å². The van der Waals surface area contributed by atoms with E-state index in [0.717, 1.165) is 6.07 Å². The van der Waals surface area contributed by atoms with Gasteiger partial charge in [0.05, 0.1) is 44.5 Å². The van der Waals surface area contributed by atoms with Crippen LogP contribution in [0.4, 0.5) is 14.7 Å². The number of nitrogens with zero attached hydrogens (tertiary/aromatic N) is 3.